The highest BCUT2D eigenvalue weighted by molar-refractivity contribution is 7.14. The summed E-state index contributed by atoms with van der Waals surface area (Å²) in [7, 11) is 4.57. The quantitative estimate of drug-likeness (QED) is 0.525. The Balaban J connectivity index is 1.65. The van der Waals surface area contributed by atoms with Crippen molar-refractivity contribution in [2.75, 3.05) is 26.6 Å². The molecule has 3 rings (SSSR count). The molecule has 0 aliphatic heterocycles. The van der Waals surface area contributed by atoms with Crippen molar-refractivity contribution >= 4 is 28.2 Å². The van der Waals surface area contributed by atoms with Crippen molar-refractivity contribution < 1.29 is 23.8 Å². The summed E-state index contributed by atoms with van der Waals surface area (Å²) in [4.78, 5) is 24.0. The number of amides is 1. The molecule has 0 saturated heterocycles. The lowest BCUT2D eigenvalue weighted by atomic mass is 10.0. The minimum absolute atomic E-state index is 0.155. The Morgan fingerprint density at radius 1 is 0.933 bits per heavy atom. The van der Waals surface area contributed by atoms with Crippen molar-refractivity contribution in [2.45, 2.75) is 12.8 Å². The van der Waals surface area contributed by atoms with Crippen LogP contribution in [0.4, 0.5) is 5.00 Å². The number of carbonyl (C=O) groups is 2. The Bertz CT molecular complexity index is 1000. The van der Waals surface area contributed by atoms with Crippen LogP contribution in [0.3, 0.4) is 0 Å². The largest absolute Gasteiger partial charge is 0.496 e. The average Bonchev–Trinajstić information content (AvgIpc) is 3.24. The van der Waals surface area contributed by atoms with E-state index in [9.17, 15) is 9.59 Å². The number of methoxy groups -OCH3 is 3. The molecular weight excluding hydrogens is 402 g/mol. The topological polar surface area (TPSA) is 73.9 Å². The van der Waals surface area contributed by atoms with E-state index in [1.165, 1.54) is 18.4 Å². The molecular formula is C23H23NO5S. The van der Waals surface area contributed by atoms with E-state index in [4.69, 9.17) is 14.2 Å². The summed E-state index contributed by atoms with van der Waals surface area (Å²) >= 11 is 1.29. The predicted octanol–water partition coefficient (Wildman–Crippen LogP) is 4.79. The summed E-state index contributed by atoms with van der Waals surface area (Å²) in [5.41, 5.74) is 3.26. The number of hydrogen-bond acceptors (Lipinski definition) is 6. The van der Waals surface area contributed by atoms with E-state index in [0.29, 0.717) is 23.4 Å². The second-order valence-electron chi connectivity index (χ2n) is 6.44. The zero-order chi connectivity index (χ0) is 21.5. The Hall–Kier alpha value is -3.32. The zero-order valence-corrected chi connectivity index (χ0v) is 17.9. The molecule has 1 aromatic heterocycles. The van der Waals surface area contributed by atoms with Gasteiger partial charge in [0.1, 0.15) is 16.5 Å². The van der Waals surface area contributed by atoms with Crippen LogP contribution in [0.1, 0.15) is 22.3 Å². The molecule has 0 aliphatic carbocycles. The first-order valence-electron chi connectivity index (χ1n) is 9.33. The lowest BCUT2D eigenvalue weighted by Gasteiger charge is -2.13. The van der Waals surface area contributed by atoms with Gasteiger partial charge in [-0.15, -0.1) is 11.3 Å². The third-order valence-electron chi connectivity index (χ3n) is 4.63. The van der Waals surface area contributed by atoms with Gasteiger partial charge in [-0.1, -0.05) is 30.3 Å². The summed E-state index contributed by atoms with van der Waals surface area (Å²) in [5, 5.41) is 5.04. The average molecular weight is 426 g/mol. The van der Waals surface area contributed by atoms with E-state index < -0.39 is 5.97 Å². The second kappa shape index (κ2) is 9.93. The van der Waals surface area contributed by atoms with Crippen molar-refractivity contribution in [3.05, 3.63) is 65.0 Å². The molecule has 1 N–H and O–H groups in total. The van der Waals surface area contributed by atoms with E-state index in [2.05, 4.69) is 5.32 Å². The monoisotopic (exact) mass is 425 g/mol. The maximum atomic E-state index is 12.3. The fraction of sp³-hybridized carbons (Fsp3) is 0.217. The van der Waals surface area contributed by atoms with Crippen molar-refractivity contribution in [1.29, 1.82) is 0 Å². The zero-order valence-electron chi connectivity index (χ0n) is 17.1. The minimum Gasteiger partial charge on any atom is -0.496 e. The fourth-order valence-electron chi connectivity index (χ4n) is 3.10. The normalized spacial score (nSPS) is 10.4. The van der Waals surface area contributed by atoms with Gasteiger partial charge in [0.05, 0.1) is 32.5 Å². The molecule has 0 fully saturated rings. The van der Waals surface area contributed by atoms with Gasteiger partial charge in [-0.25, -0.2) is 4.79 Å². The summed E-state index contributed by atoms with van der Waals surface area (Å²) in [6.45, 7) is 0. The van der Waals surface area contributed by atoms with Crippen LogP contribution in [0, 0.1) is 0 Å². The van der Waals surface area contributed by atoms with Crippen LogP contribution >= 0.6 is 11.3 Å². The molecule has 0 bridgehead atoms. The number of benzene rings is 2. The summed E-state index contributed by atoms with van der Waals surface area (Å²) in [6.07, 6.45) is 0.879. The lowest BCUT2D eigenvalue weighted by molar-refractivity contribution is -0.116. The van der Waals surface area contributed by atoms with Crippen molar-refractivity contribution in [3.8, 4) is 22.6 Å². The van der Waals surface area contributed by atoms with Crippen molar-refractivity contribution in [3.63, 3.8) is 0 Å². The molecule has 1 amide bonds. The number of esters is 1. The molecule has 1 heterocycles. The number of aryl methyl sites for hydroxylation is 1. The highest BCUT2D eigenvalue weighted by Gasteiger charge is 2.16. The molecule has 6 nitrogen and oxygen atoms in total. The molecule has 7 heteroatoms. The first kappa shape index (κ1) is 21.4. The minimum atomic E-state index is -0.464. The SMILES string of the molecule is COC(=O)c1ccsc1NC(=O)CCc1ccc(-c2c(OC)cccc2OC)cc1. The molecule has 0 atom stereocenters. The number of anilines is 1. The highest BCUT2D eigenvalue weighted by Crippen LogP contribution is 2.38. The smallest absolute Gasteiger partial charge is 0.340 e. The maximum Gasteiger partial charge on any atom is 0.340 e. The van der Waals surface area contributed by atoms with Gasteiger partial charge >= 0.3 is 5.97 Å². The molecule has 30 heavy (non-hydrogen) atoms. The van der Waals surface area contributed by atoms with Gasteiger partial charge in [0.2, 0.25) is 5.91 Å². The Morgan fingerprint density at radius 2 is 1.60 bits per heavy atom. The third kappa shape index (κ3) is 4.80. The van der Waals surface area contributed by atoms with E-state index in [0.717, 1.165) is 28.2 Å². The second-order valence-corrected chi connectivity index (χ2v) is 7.35. The molecule has 0 saturated carbocycles. The van der Waals surface area contributed by atoms with Gasteiger partial charge in [0.25, 0.3) is 0 Å². The van der Waals surface area contributed by atoms with Gasteiger partial charge in [-0.3, -0.25) is 4.79 Å². The summed E-state index contributed by atoms with van der Waals surface area (Å²) in [5.74, 6) is 0.852. The van der Waals surface area contributed by atoms with E-state index in [1.807, 2.05) is 42.5 Å². The van der Waals surface area contributed by atoms with Crippen molar-refractivity contribution in [1.82, 2.24) is 0 Å². The van der Waals surface area contributed by atoms with Crippen LogP contribution < -0.4 is 14.8 Å². The Kier molecular flexibility index (Phi) is 7.08. The van der Waals surface area contributed by atoms with E-state index in [-0.39, 0.29) is 5.91 Å². The van der Waals surface area contributed by atoms with E-state index >= 15 is 0 Å². The van der Waals surface area contributed by atoms with Crippen molar-refractivity contribution in [2.24, 2.45) is 0 Å². The molecule has 0 radical (unpaired) electrons. The van der Waals surface area contributed by atoms with Gasteiger partial charge in [-0.05, 0) is 41.1 Å². The van der Waals surface area contributed by atoms with Crippen LogP contribution in [0.25, 0.3) is 11.1 Å². The fourth-order valence-corrected chi connectivity index (χ4v) is 3.89. The molecule has 0 spiro atoms. The van der Waals surface area contributed by atoms with Gasteiger partial charge in [0.15, 0.2) is 0 Å². The molecule has 0 aliphatic rings. The summed E-state index contributed by atoms with van der Waals surface area (Å²) < 4.78 is 15.7. The standard InChI is InChI=1S/C23H23NO5S/c1-27-18-5-4-6-19(28-2)21(18)16-10-7-15(8-11-16)9-12-20(25)24-22-17(13-14-30-22)23(26)29-3/h4-8,10-11,13-14H,9,12H2,1-3H3,(H,24,25). The van der Waals surface area contributed by atoms with Crippen LogP contribution in [-0.4, -0.2) is 33.2 Å². The van der Waals surface area contributed by atoms with Crippen LogP contribution in [0.5, 0.6) is 11.5 Å². The number of carbonyl (C=O) groups excluding carboxylic acids is 2. The van der Waals surface area contributed by atoms with Gasteiger partial charge in [-0.2, -0.15) is 0 Å². The molecule has 156 valence electrons. The number of hydrogen-bond donors (Lipinski definition) is 1. The Labute approximate surface area is 179 Å². The maximum absolute atomic E-state index is 12.3. The molecule has 0 unspecified atom stereocenters. The van der Waals surface area contributed by atoms with Crippen LogP contribution in [-0.2, 0) is 16.0 Å². The number of thiophene rings is 1. The number of rotatable bonds is 8. The van der Waals surface area contributed by atoms with Gasteiger partial charge in [0, 0.05) is 6.42 Å². The van der Waals surface area contributed by atoms with Crippen LogP contribution in [0.2, 0.25) is 0 Å². The first-order valence-corrected chi connectivity index (χ1v) is 10.2. The molecule has 3 aromatic rings. The van der Waals surface area contributed by atoms with Crippen LogP contribution in [0.15, 0.2) is 53.9 Å². The van der Waals surface area contributed by atoms with Gasteiger partial charge < -0.3 is 19.5 Å². The molecule has 2 aromatic carbocycles. The highest BCUT2D eigenvalue weighted by atomic mass is 32.1. The lowest BCUT2D eigenvalue weighted by Crippen LogP contribution is -2.14. The Morgan fingerprint density at radius 3 is 2.20 bits per heavy atom. The number of nitrogens with one attached hydrogen (secondary N) is 1. The first-order chi connectivity index (χ1) is 14.6. The number of ether oxygens (including phenoxy) is 3. The summed E-state index contributed by atoms with van der Waals surface area (Å²) in [6, 6.07) is 15.3. The predicted molar refractivity (Wildman–Crippen MR) is 118 cm³/mol. The third-order valence-corrected chi connectivity index (χ3v) is 5.46. The van der Waals surface area contributed by atoms with E-state index in [1.54, 1.807) is 25.7 Å².